The van der Waals surface area contributed by atoms with Gasteiger partial charge in [0.15, 0.2) is 11.4 Å². The Kier molecular flexibility index (Phi) is 5.04. The molecule has 5 rings (SSSR count). The number of carbonyl (C=O) groups excluding carboxylic acids is 1. The van der Waals surface area contributed by atoms with Gasteiger partial charge in [-0.1, -0.05) is 0 Å². The molecule has 0 saturated heterocycles. The number of benzene rings is 1. The Hall–Kier alpha value is -4.27. The lowest BCUT2D eigenvalue weighted by Gasteiger charge is -2.31. The minimum absolute atomic E-state index is 0.0211. The van der Waals surface area contributed by atoms with Crippen molar-refractivity contribution in [3.8, 4) is 17.0 Å². The van der Waals surface area contributed by atoms with Crippen LogP contribution in [0.5, 0.6) is 5.75 Å². The van der Waals surface area contributed by atoms with Gasteiger partial charge in [0, 0.05) is 37.3 Å². The number of nitrogens with two attached hydrogens (primary N) is 1. The molecule has 1 aliphatic rings. The smallest absolute Gasteiger partial charge is 0.264 e. The van der Waals surface area contributed by atoms with E-state index in [2.05, 4.69) is 15.3 Å². The first kappa shape index (κ1) is 21.6. The van der Waals surface area contributed by atoms with Gasteiger partial charge in [-0.3, -0.25) is 9.59 Å². The molecule has 0 unspecified atom stereocenters. The first-order valence-electron chi connectivity index (χ1n) is 10.9. The fraction of sp³-hybridized carbons (Fsp3) is 0.240. The summed E-state index contributed by atoms with van der Waals surface area (Å²) in [5.41, 5.74) is 8.42. The molecule has 0 atom stereocenters. The lowest BCUT2D eigenvalue weighted by molar-refractivity contribution is -0.132. The minimum atomic E-state index is -0.840. The zero-order valence-corrected chi connectivity index (χ0v) is 19.1. The average Bonchev–Trinajstić information content (AvgIpc) is 2.80. The third-order valence-electron chi connectivity index (χ3n) is 5.95. The van der Waals surface area contributed by atoms with Gasteiger partial charge in [-0.2, -0.15) is 0 Å². The van der Waals surface area contributed by atoms with Gasteiger partial charge < -0.3 is 20.4 Å². The third-order valence-corrected chi connectivity index (χ3v) is 5.95. The number of hydrogen-bond donors (Lipinski definition) is 2. The summed E-state index contributed by atoms with van der Waals surface area (Å²) in [5, 5.41) is 3.66. The molecular formula is C25H24N6O3. The van der Waals surface area contributed by atoms with Crippen molar-refractivity contribution in [2.24, 2.45) is 7.05 Å². The van der Waals surface area contributed by atoms with Crippen LogP contribution in [0.25, 0.3) is 22.2 Å². The zero-order chi connectivity index (χ0) is 24.0. The maximum atomic E-state index is 12.9. The summed E-state index contributed by atoms with van der Waals surface area (Å²) in [6.07, 6.45) is 3.41. The van der Waals surface area contributed by atoms with Crippen LogP contribution in [0, 0.1) is 0 Å². The summed E-state index contributed by atoms with van der Waals surface area (Å²) in [5.74, 6) is 1.54. The number of nitrogen functional groups attached to an aromatic ring is 1. The lowest BCUT2D eigenvalue weighted by Crippen LogP contribution is -2.42. The molecule has 34 heavy (non-hydrogen) atoms. The molecule has 0 aliphatic carbocycles. The van der Waals surface area contributed by atoms with E-state index in [0.29, 0.717) is 40.5 Å². The summed E-state index contributed by atoms with van der Waals surface area (Å²) < 4.78 is 7.31. The van der Waals surface area contributed by atoms with E-state index in [1.165, 1.54) is 10.9 Å². The van der Waals surface area contributed by atoms with Crippen molar-refractivity contribution >= 4 is 28.3 Å². The van der Waals surface area contributed by atoms with E-state index in [-0.39, 0.29) is 17.8 Å². The van der Waals surface area contributed by atoms with Gasteiger partial charge in [0.2, 0.25) is 0 Å². The van der Waals surface area contributed by atoms with Gasteiger partial charge >= 0.3 is 0 Å². The summed E-state index contributed by atoms with van der Waals surface area (Å²) in [7, 11) is 1.65. The molecule has 9 nitrogen and oxygen atoms in total. The number of fused-ring (bicyclic) bond motifs is 2. The van der Waals surface area contributed by atoms with Crippen molar-refractivity contribution in [3.05, 3.63) is 70.4 Å². The highest BCUT2D eigenvalue weighted by atomic mass is 16.5. The van der Waals surface area contributed by atoms with Crippen LogP contribution in [0.15, 0.2) is 53.7 Å². The van der Waals surface area contributed by atoms with Crippen LogP contribution >= 0.6 is 0 Å². The fourth-order valence-electron chi connectivity index (χ4n) is 3.98. The maximum absolute atomic E-state index is 12.9. The summed E-state index contributed by atoms with van der Waals surface area (Å²) >= 11 is 0. The number of ether oxygens (including phenoxy) is 1. The number of anilines is 2. The SMILES string of the molecule is Cn1cnc2cc(-c3ccc4c(c3)CC(=O)C(C)(C)O4)nc(NCc3ccnc(N)c3)c2c1=O. The van der Waals surface area contributed by atoms with Crippen LogP contribution in [0.4, 0.5) is 11.6 Å². The Bertz CT molecular complexity index is 1510. The van der Waals surface area contributed by atoms with Crippen LogP contribution in [-0.4, -0.2) is 30.9 Å². The number of Topliss-reactive ketones (excluding diaryl/α,β-unsaturated/α-hetero) is 1. The molecular weight excluding hydrogens is 432 g/mol. The van der Waals surface area contributed by atoms with Crippen LogP contribution in [0.1, 0.15) is 25.0 Å². The second-order valence-electron chi connectivity index (χ2n) is 8.89. The Labute approximate surface area is 195 Å². The standard InChI is InChI=1S/C25H24N6O3/c1-25(2)20(32)10-16-9-15(4-5-19(16)34-25)17-11-18-22(24(33)31(3)13-29-18)23(30-17)28-12-14-6-7-27-21(26)8-14/h4-9,11,13H,10,12H2,1-3H3,(H2,26,27)(H,28,30). The first-order valence-corrected chi connectivity index (χ1v) is 10.9. The fourth-order valence-corrected chi connectivity index (χ4v) is 3.98. The molecule has 0 radical (unpaired) electrons. The number of pyridine rings is 2. The van der Waals surface area contributed by atoms with Gasteiger partial charge in [0.1, 0.15) is 22.8 Å². The normalized spacial score (nSPS) is 14.5. The highest BCUT2D eigenvalue weighted by Gasteiger charge is 2.35. The van der Waals surface area contributed by atoms with Gasteiger partial charge in [-0.15, -0.1) is 0 Å². The van der Waals surface area contributed by atoms with E-state index in [9.17, 15) is 9.59 Å². The van der Waals surface area contributed by atoms with Crippen LogP contribution in [0.2, 0.25) is 0 Å². The summed E-state index contributed by atoms with van der Waals surface area (Å²) in [6, 6.07) is 11.0. The van der Waals surface area contributed by atoms with Crippen LogP contribution in [-0.2, 0) is 24.8 Å². The number of nitrogens with one attached hydrogen (secondary N) is 1. The van der Waals surface area contributed by atoms with Gasteiger partial charge in [0.25, 0.3) is 5.56 Å². The monoisotopic (exact) mass is 456 g/mol. The molecule has 3 N–H and O–H groups in total. The van der Waals surface area contributed by atoms with Gasteiger partial charge in [-0.05, 0) is 55.8 Å². The summed E-state index contributed by atoms with van der Waals surface area (Å²) in [6.45, 7) is 3.95. The van der Waals surface area contributed by atoms with E-state index < -0.39 is 5.60 Å². The highest BCUT2D eigenvalue weighted by Crippen LogP contribution is 2.35. The number of hydrogen-bond acceptors (Lipinski definition) is 8. The molecule has 0 fully saturated rings. The Morgan fingerprint density at radius 2 is 1.97 bits per heavy atom. The lowest BCUT2D eigenvalue weighted by atomic mass is 9.91. The molecule has 1 aliphatic heterocycles. The molecule has 9 heteroatoms. The topological polar surface area (TPSA) is 125 Å². The largest absolute Gasteiger partial charge is 0.480 e. The van der Waals surface area contributed by atoms with E-state index in [1.54, 1.807) is 39.2 Å². The molecule has 172 valence electrons. The highest BCUT2D eigenvalue weighted by molar-refractivity contribution is 5.93. The van der Waals surface area contributed by atoms with Gasteiger partial charge in [-0.25, -0.2) is 15.0 Å². The van der Waals surface area contributed by atoms with E-state index in [4.69, 9.17) is 15.5 Å². The second kappa shape index (κ2) is 7.95. The summed E-state index contributed by atoms with van der Waals surface area (Å²) in [4.78, 5) is 38.6. The first-order chi connectivity index (χ1) is 16.2. The molecule has 0 amide bonds. The predicted octanol–water partition coefficient (Wildman–Crippen LogP) is 2.87. The quantitative estimate of drug-likeness (QED) is 0.480. The van der Waals surface area contributed by atoms with E-state index >= 15 is 0 Å². The van der Waals surface area contributed by atoms with Gasteiger partial charge in [0.05, 0.1) is 17.5 Å². The Morgan fingerprint density at radius 3 is 2.76 bits per heavy atom. The van der Waals surface area contributed by atoms with E-state index in [0.717, 1.165) is 16.7 Å². The molecule has 3 aromatic heterocycles. The number of aromatic nitrogens is 4. The number of aryl methyl sites for hydroxylation is 1. The number of carbonyl (C=O) groups is 1. The predicted molar refractivity (Wildman–Crippen MR) is 130 cm³/mol. The van der Waals surface area contributed by atoms with Crippen molar-refractivity contribution in [2.75, 3.05) is 11.1 Å². The van der Waals surface area contributed by atoms with Crippen LogP contribution < -0.4 is 21.3 Å². The zero-order valence-electron chi connectivity index (χ0n) is 19.1. The minimum Gasteiger partial charge on any atom is -0.480 e. The van der Waals surface area contributed by atoms with Crippen molar-refractivity contribution < 1.29 is 9.53 Å². The number of ketones is 1. The third kappa shape index (κ3) is 3.85. The number of rotatable bonds is 4. The second-order valence-corrected chi connectivity index (χ2v) is 8.89. The Morgan fingerprint density at radius 1 is 1.15 bits per heavy atom. The van der Waals surface area contributed by atoms with Crippen molar-refractivity contribution in [2.45, 2.75) is 32.4 Å². The maximum Gasteiger partial charge on any atom is 0.264 e. The molecule has 0 spiro atoms. The van der Waals surface area contributed by atoms with Crippen LogP contribution in [0.3, 0.4) is 0 Å². The van der Waals surface area contributed by atoms with E-state index in [1.807, 2.05) is 24.3 Å². The Balaban J connectivity index is 1.59. The molecule has 4 heterocycles. The molecule has 1 aromatic carbocycles. The van der Waals surface area contributed by atoms with Crippen molar-refractivity contribution in [1.29, 1.82) is 0 Å². The average molecular weight is 457 g/mol. The molecule has 0 bridgehead atoms. The number of nitrogens with zero attached hydrogens (tertiary/aromatic N) is 4. The van der Waals surface area contributed by atoms with Crippen molar-refractivity contribution in [3.63, 3.8) is 0 Å². The molecule has 4 aromatic rings. The van der Waals surface area contributed by atoms with Crippen molar-refractivity contribution in [1.82, 2.24) is 19.5 Å². The molecule has 0 saturated carbocycles.